The van der Waals surface area contributed by atoms with Gasteiger partial charge in [-0.25, -0.2) is 4.84 Å². The van der Waals surface area contributed by atoms with Gasteiger partial charge in [-0.1, -0.05) is 36.8 Å². The first-order valence-corrected chi connectivity index (χ1v) is 6.71. The molecule has 1 saturated heterocycles. The molecule has 1 aromatic carbocycles. The Labute approximate surface area is 127 Å². The first kappa shape index (κ1) is 14.3. The SMILES string of the molecule is C[N+]1(C)OCC2CCCC(c3ccccc3)C21.[I-]. The van der Waals surface area contributed by atoms with Crippen molar-refractivity contribution in [3.8, 4) is 0 Å². The summed E-state index contributed by atoms with van der Waals surface area (Å²) in [4.78, 5) is 5.98. The minimum atomic E-state index is 0. The molecule has 18 heavy (non-hydrogen) atoms. The third-order valence-corrected chi connectivity index (χ3v) is 4.55. The van der Waals surface area contributed by atoms with Crippen LogP contribution in [0.2, 0.25) is 0 Å². The van der Waals surface area contributed by atoms with E-state index >= 15 is 0 Å². The summed E-state index contributed by atoms with van der Waals surface area (Å²) in [6.45, 7) is 0.945. The Bertz CT molecular complexity index is 393. The van der Waals surface area contributed by atoms with Crippen molar-refractivity contribution in [2.75, 3.05) is 20.7 Å². The van der Waals surface area contributed by atoms with Gasteiger partial charge in [0.05, 0.1) is 14.1 Å². The van der Waals surface area contributed by atoms with Gasteiger partial charge in [-0.2, -0.15) is 4.65 Å². The van der Waals surface area contributed by atoms with Crippen molar-refractivity contribution < 1.29 is 33.5 Å². The van der Waals surface area contributed by atoms with Crippen LogP contribution in [0.5, 0.6) is 0 Å². The van der Waals surface area contributed by atoms with Crippen molar-refractivity contribution >= 4 is 0 Å². The van der Waals surface area contributed by atoms with Gasteiger partial charge >= 0.3 is 0 Å². The van der Waals surface area contributed by atoms with Crippen molar-refractivity contribution in [3.05, 3.63) is 35.9 Å². The lowest BCUT2D eigenvalue weighted by Crippen LogP contribution is -3.00. The van der Waals surface area contributed by atoms with Crippen LogP contribution >= 0.6 is 0 Å². The quantitative estimate of drug-likeness (QED) is 0.505. The molecular formula is C15H22INO. The molecule has 0 spiro atoms. The van der Waals surface area contributed by atoms with Gasteiger partial charge in [-0.3, -0.25) is 0 Å². The fourth-order valence-electron chi connectivity index (χ4n) is 3.83. The minimum Gasteiger partial charge on any atom is -1.00 e. The maximum absolute atomic E-state index is 5.98. The monoisotopic (exact) mass is 359 g/mol. The first-order valence-electron chi connectivity index (χ1n) is 6.71. The fraction of sp³-hybridized carbons (Fsp3) is 0.600. The molecule has 2 fully saturated rings. The Balaban J connectivity index is 0.00000120. The van der Waals surface area contributed by atoms with Crippen molar-refractivity contribution in [1.29, 1.82) is 0 Å². The smallest absolute Gasteiger partial charge is 0.131 e. The van der Waals surface area contributed by atoms with E-state index < -0.39 is 0 Å². The Morgan fingerprint density at radius 3 is 2.56 bits per heavy atom. The molecule has 1 aromatic rings. The first-order chi connectivity index (χ1) is 8.18. The van der Waals surface area contributed by atoms with Gasteiger partial charge in [0.25, 0.3) is 0 Å². The molecule has 0 amide bonds. The second kappa shape index (κ2) is 5.47. The van der Waals surface area contributed by atoms with Crippen LogP contribution in [-0.4, -0.2) is 31.4 Å². The molecule has 2 aliphatic rings. The van der Waals surface area contributed by atoms with Crippen LogP contribution in [0.25, 0.3) is 0 Å². The highest BCUT2D eigenvalue weighted by atomic mass is 127. The number of hydrogen-bond acceptors (Lipinski definition) is 1. The van der Waals surface area contributed by atoms with E-state index in [0.29, 0.717) is 12.0 Å². The lowest BCUT2D eigenvalue weighted by Gasteiger charge is -2.38. The summed E-state index contributed by atoms with van der Waals surface area (Å²) in [5.74, 6) is 1.43. The third kappa shape index (κ3) is 2.45. The van der Waals surface area contributed by atoms with E-state index in [1.165, 1.54) is 24.8 Å². The highest BCUT2D eigenvalue weighted by molar-refractivity contribution is 5.22. The molecular weight excluding hydrogens is 337 g/mol. The summed E-state index contributed by atoms with van der Waals surface area (Å²) >= 11 is 0. The van der Waals surface area contributed by atoms with Gasteiger partial charge < -0.3 is 24.0 Å². The second-order valence-electron chi connectivity index (χ2n) is 5.93. The minimum absolute atomic E-state index is 0. The van der Waals surface area contributed by atoms with E-state index in [9.17, 15) is 0 Å². The maximum atomic E-state index is 5.98. The predicted octanol–water partition coefficient (Wildman–Crippen LogP) is -0.0355. The molecule has 1 aliphatic carbocycles. The standard InChI is InChI=1S/C15H22NO.HI/c1-16(2)15-13(11-17-16)9-6-10-14(15)12-7-4-3-5-8-12;/h3-5,7-8,13-15H,6,9-11H2,1-2H3;1H/q+1;/p-1. The lowest BCUT2D eigenvalue weighted by molar-refractivity contribution is -1.08. The Morgan fingerprint density at radius 2 is 1.83 bits per heavy atom. The van der Waals surface area contributed by atoms with E-state index in [4.69, 9.17) is 4.84 Å². The van der Waals surface area contributed by atoms with Crippen LogP contribution < -0.4 is 24.0 Å². The van der Waals surface area contributed by atoms with Gasteiger partial charge in [0, 0.05) is 11.8 Å². The zero-order valence-corrected chi connectivity index (χ0v) is 13.3. The van der Waals surface area contributed by atoms with Gasteiger partial charge in [-0.05, 0) is 18.4 Å². The van der Waals surface area contributed by atoms with Crippen molar-refractivity contribution in [2.45, 2.75) is 31.2 Å². The summed E-state index contributed by atoms with van der Waals surface area (Å²) in [5.41, 5.74) is 1.50. The van der Waals surface area contributed by atoms with Gasteiger partial charge in [0.15, 0.2) is 0 Å². The predicted molar refractivity (Wildman–Crippen MR) is 68.4 cm³/mol. The third-order valence-electron chi connectivity index (χ3n) is 4.55. The van der Waals surface area contributed by atoms with Gasteiger partial charge in [0.2, 0.25) is 0 Å². The largest absolute Gasteiger partial charge is 1.00 e. The molecule has 1 aliphatic heterocycles. The Morgan fingerprint density at radius 1 is 1.11 bits per heavy atom. The molecule has 2 nitrogen and oxygen atoms in total. The zero-order chi connectivity index (χ0) is 11.9. The average Bonchev–Trinajstić information content (AvgIpc) is 2.67. The van der Waals surface area contributed by atoms with Crippen molar-refractivity contribution in [3.63, 3.8) is 0 Å². The van der Waals surface area contributed by atoms with Crippen LogP contribution in [-0.2, 0) is 4.84 Å². The highest BCUT2D eigenvalue weighted by Gasteiger charge is 2.51. The molecule has 3 rings (SSSR count). The number of rotatable bonds is 1. The van der Waals surface area contributed by atoms with E-state index in [1.807, 2.05) is 0 Å². The average molecular weight is 359 g/mol. The number of fused-ring (bicyclic) bond motifs is 1. The number of likely N-dealkylation sites (N-methyl/N-ethyl adjacent to an activating group) is 1. The fourth-order valence-corrected chi connectivity index (χ4v) is 3.83. The van der Waals surface area contributed by atoms with E-state index in [1.54, 1.807) is 0 Å². The molecule has 0 N–H and O–H groups in total. The van der Waals surface area contributed by atoms with Gasteiger partial charge in [0.1, 0.15) is 12.6 Å². The number of hydrogen-bond donors (Lipinski definition) is 0. The lowest BCUT2D eigenvalue weighted by atomic mass is 9.74. The maximum Gasteiger partial charge on any atom is 0.131 e. The summed E-state index contributed by atoms with van der Waals surface area (Å²) in [5, 5.41) is 0. The van der Waals surface area contributed by atoms with Crippen molar-refractivity contribution in [1.82, 2.24) is 0 Å². The van der Waals surface area contributed by atoms with Crippen LogP contribution in [0, 0.1) is 5.92 Å². The van der Waals surface area contributed by atoms with Crippen LogP contribution in [0.4, 0.5) is 0 Å². The molecule has 0 aromatic heterocycles. The second-order valence-corrected chi connectivity index (χ2v) is 5.93. The normalized spacial score (nSPS) is 33.6. The van der Waals surface area contributed by atoms with E-state index in [-0.39, 0.29) is 24.0 Å². The molecule has 1 heterocycles. The Hall–Kier alpha value is -0.130. The molecule has 0 radical (unpaired) electrons. The number of nitrogens with zero attached hydrogens (tertiary/aromatic N) is 1. The number of benzene rings is 1. The van der Waals surface area contributed by atoms with E-state index in [0.717, 1.165) is 17.2 Å². The molecule has 3 atom stereocenters. The van der Waals surface area contributed by atoms with E-state index in [2.05, 4.69) is 44.4 Å². The van der Waals surface area contributed by atoms with Crippen LogP contribution in [0.3, 0.4) is 0 Å². The van der Waals surface area contributed by atoms with Crippen LogP contribution in [0.15, 0.2) is 30.3 Å². The molecule has 1 saturated carbocycles. The van der Waals surface area contributed by atoms with Crippen LogP contribution in [0.1, 0.15) is 30.7 Å². The summed E-state index contributed by atoms with van der Waals surface area (Å²) in [7, 11) is 4.43. The molecule has 100 valence electrons. The summed E-state index contributed by atoms with van der Waals surface area (Å²) in [6.07, 6.45) is 4.01. The number of hydroxylamine groups is 3. The molecule has 0 bridgehead atoms. The van der Waals surface area contributed by atoms with Gasteiger partial charge in [-0.15, -0.1) is 0 Å². The molecule has 3 heteroatoms. The Kier molecular flexibility index (Phi) is 4.34. The highest BCUT2D eigenvalue weighted by Crippen LogP contribution is 2.45. The van der Waals surface area contributed by atoms with Crippen molar-refractivity contribution in [2.24, 2.45) is 5.92 Å². The topological polar surface area (TPSA) is 9.23 Å². The number of halogens is 1. The number of quaternary nitrogens is 1. The molecule has 3 unspecified atom stereocenters. The summed E-state index contributed by atoms with van der Waals surface area (Å²) in [6, 6.07) is 11.6. The summed E-state index contributed by atoms with van der Waals surface area (Å²) < 4.78 is 0.740. The zero-order valence-electron chi connectivity index (χ0n) is 11.2.